The second kappa shape index (κ2) is 6.25. The van der Waals surface area contributed by atoms with E-state index in [9.17, 15) is 0 Å². The number of rotatable bonds is 4. The van der Waals surface area contributed by atoms with Gasteiger partial charge < -0.3 is 5.32 Å². The van der Waals surface area contributed by atoms with E-state index >= 15 is 0 Å². The average molecular weight is 328 g/mol. The van der Waals surface area contributed by atoms with Gasteiger partial charge in [-0.2, -0.15) is 5.10 Å². The second-order valence-corrected chi connectivity index (χ2v) is 7.46. The fraction of sp³-hybridized carbons (Fsp3) is 0.316. The SMILES string of the molecule is CC(C)(C)CCNc1n[nH]c2cc(Cl)c(-c3ccccc3)cc12. The van der Waals surface area contributed by atoms with Gasteiger partial charge in [-0.3, -0.25) is 5.10 Å². The first-order valence-electron chi connectivity index (χ1n) is 7.91. The van der Waals surface area contributed by atoms with Crippen molar-refractivity contribution < 1.29 is 0 Å². The molecule has 0 aliphatic rings. The molecule has 0 radical (unpaired) electrons. The molecule has 0 amide bonds. The van der Waals surface area contributed by atoms with Crippen LogP contribution in [0.4, 0.5) is 5.82 Å². The highest BCUT2D eigenvalue weighted by Crippen LogP contribution is 2.34. The molecule has 23 heavy (non-hydrogen) atoms. The van der Waals surface area contributed by atoms with Gasteiger partial charge in [-0.15, -0.1) is 0 Å². The molecule has 0 fully saturated rings. The van der Waals surface area contributed by atoms with E-state index in [0.717, 1.165) is 45.8 Å². The molecule has 0 spiro atoms. The quantitative estimate of drug-likeness (QED) is 0.642. The van der Waals surface area contributed by atoms with Gasteiger partial charge in [0.2, 0.25) is 0 Å². The molecule has 1 heterocycles. The van der Waals surface area contributed by atoms with Crippen LogP contribution >= 0.6 is 11.6 Å². The normalized spacial score (nSPS) is 11.8. The molecule has 1 aromatic heterocycles. The Kier molecular flexibility index (Phi) is 4.31. The van der Waals surface area contributed by atoms with Crippen molar-refractivity contribution in [2.45, 2.75) is 27.2 Å². The van der Waals surface area contributed by atoms with Crippen LogP contribution in [0.5, 0.6) is 0 Å². The molecular formula is C19H22ClN3. The Bertz CT molecular complexity index is 801. The van der Waals surface area contributed by atoms with E-state index in [0.29, 0.717) is 5.41 Å². The molecule has 120 valence electrons. The third-order valence-electron chi connectivity index (χ3n) is 3.90. The lowest BCUT2D eigenvalue weighted by Gasteiger charge is -2.17. The lowest BCUT2D eigenvalue weighted by Crippen LogP contribution is -2.13. The van der Waals surface area contributed by atoms with Gasteiger partial charge in [0.05, 0.1) is 10.5 Å². The first kappa shape index (κ1) is 15.9. The molecule has 3 nitrogen and oxygen atoms in total. The molecule has 4 heteroatoms. The van der Waals surface area contributed by atoms with Crippen molar-refractivity contribution in [2.75, 3.05) is 11.9 Å². The Morgan fingerprint density at radius 3 is 2.57 bits per heavy atom. The fourth-order valence-electron chi connectivity index (χ4n) is 2.57. The predicted octanol–water partition coefficient (Wildman–Crippen LogP) is 5.73. The lowest BCUT2D eigenvalue weighted by atomic mass is 9.92. The summed E-state index contributed by atoms with van der Waals surface area (Å²) < 4.78 is 0. The number of H-pyrrole nitrogens is 1. The van der Waals surface area contributed by atoms with Crippen molar-refractivity contribution in [3.63, 3.8) is 0 Å². The second-order valence-electron chi connectivity index (χ2n) is 7.05. The summed E-state index contributed by atoms with van der Waals surface area (Å²) in [4.78, 5) is 0. The van der Waals surface area contributed by atoms with E-state index in [1.807, 2.05) is 24.3 Å². The number of nitrogens with one attached hydrogen (secondary N) is 2. The molecular weight excluding hydrogens is 306 g/mol. The maximum Gasteiger partial charge on any atom is 0.155 e. The monoisotopic (exact) mass is 327 g/mol. The van der Waals surface area contributed by atoms with E-state index in [4.69, 9.17) is 11.6 Å². The van der Waals surface area contributed by atoms with Gasteiger partial charge in [-0.05, 0) is 29.5 Å². The first-order valence-corrected chi connectivity index (χ1v) is 8.29. The molecule has 3 rings (SSSR count). The van der Waals surface area contributed by atoms with E-state index < -0.39 is 0 Å². The first-order chi connectivity index (χ1) is 10.9. The average Bonchev–Trinajstić information content (AvgIpc) is 2.88. The van der Waals surface area contributed by atoms with Crippen molar-refractivity contribution >= 4 is 28.3 Å². The Morgan fingerprint density at radius 2 is 1.87 bits per heavy atom. The standard InChI is InChI=1S/C19H22ClN3/c1-19(2,3)9-10-21-18-15-11-14(13-7-5-4-6-8-13)16(20)12-17(15)22-23-18/h4-8,11-12H,9-10H2,1-3H3,(H2,21,22,23). The Hall–Kier alpha value is -2.00. The van der Waals surface area contributed by atoms with Gasteiger partial charge in [0.25, 0.3) is 0 Å². The van der Waals surface area contributed by atoms with Gasteiger partial charge in [0, 0.05) is 17.5 Å². The molecule has 2 aromatic carbocycles. The maximum absolute atomic E-state index is 6.44. The van der Waals surface area contributed by atoms with Crippen LogP contribution in [0.1, 0.15) is 27.2 Å². The van der Waals surface area contributed by atoms with E-state index in [2.05, 4.69) is 54.5 Å². The minimum atomic E-state index is 0.303. The van der Waals surface area contributed by atoms with Crippen molar-refractivity contribution in [3.05, 3.63) is 47.5 Å². The maximum atomic E-state index is 6.44. The Balaban J connectivity index is 1.93. The molecule has 0 saturated carbocycles. The van der Waals surface area contributed by atoms with Crippen molar-refractivity contribution in [1.82, 2.24) is 10.2 Å². The van der Waals surface area contributed by atoms with E-state index in [1.54, 1.807) is 0 Å². The van der Waals surface area contributed by atoms with Crippen molar-refractivity contribution in [1.29, 1.82) is 0 Å². The summed E-state index contributed by atoms with van der Waals surface area (Å²) in [6.45, 7) is 7.62. The van der Waals surface area contributed by atoms with E-state index in [-0.39, 0.29) is 0 Å². The van der Waals surface area contributed by atoms with Gasteiger partial charge in [-0.25, -0.2) is 0 Å². The van der Waals surface area contributed by atoms with Crippen LogP contribution in [0, 0.1) is 5.41 Å². The third kappa shape index (κ3) is 3.67. The number of hydrogen-bond acceptors (Lipinski definition) is 2. The van der Waals surface area contributed by atoms with Gasteiger partial charge in [-0.1, -0.05) is 62.7 Å². The van der Waals surface area contributed by atoms with Crippen LogP contribution in [0.2, 0.25) is 5.02 Å². The Morgan fingerprint density at radius 1 is 1.13 bits per heavy atom. The lowest BCUT2D eigenvalue weighted by molar-refractivity contribution is 0.389. The molecule has 0 bridgehead atoms. The third-order valence-corrected chi connectivity index (χ3v) is 4.22. The van der Waals surface area contributed by atoms with Gasteiger partial charge in [0.1, 0.15) is 0 Å². The van der Waals surface area contributed by atoms with Crippen molar-refractivity contribution in [2.24, 2.45) is 5.41 Å². The number of halogens is 1. The molecule has 0 aliphatic heterocycles. The summed E-state index contributed by atoms with van der Waals surface area (Å²) in [7, 11) is 0. The van der Waals surface area contributed by atoms with E-state index in [1.165, 1.54) is 0 Å². The predicted molar refractivity (Wildman–Crippen MR) is 99.1 cm³/mol. The number of nitrogens with zero attached hydrogens (tertiary/aromatic N) is 1. The number of aromatic nitrogens is 2. The summed E-state index contributed by atoms with van der Waals surface area (Å²) in [5, 5.41) is 12.7. The van der Waals surface area contributed by atoms with Crippen LogP contribution < -0.4 is 5.32 Å². The number of aromatic amines is 1. The van der Waals surface area contributed by atoms with Crippen LogP contribution in [-0.2, 0) is 0 Å². The minimum Gasteiger partial charge on any atom is -0.368 e. The zero-order valence-corrected chi connectivity index (χ0v) is 14.5. The van der Waals surface area contributed by atoms with Crippen molar-refractivity contribution in [3.8, 4) is 11.1 Å². The molecule has 0 unspecified atom stereocenters. The zero-order chi connectivity index (χ0) is 16.4. The number of anilines is 1. The summed E-state index contributed by atoms with van der Waals surface area (Å²) in [5.41, 5.74) is 3.40. The van der Waals surface area contributed by atoms with Crippen LogP contribution in [0.15, 0.2) is 42.5 Å². The number of hydrogen-bond donors (Lipinski definition) is 2. The summed E-state index contributed by atoms with van der Waals surface area (Å²) in [5.74, 6) is 0.887. The van der Waals surface area contributed by atoms with Gasteiger partial charge >= 0.3 is 0 Å². The molecule has 0 saturated heterocycles. The molecule has 3 aromatic rings. The highest BCUT2D eigenvalue weighted by Gasteiger charge is 2.13. The molecule has 0 aliphatic carbocycles. The zero-order valence-electron chi connectivity index (χ0n) is 13.8. The highest BCUT2D eigenvalue weighted by molar-refractivity contribution is 6.34. The van der Waals surface area contributed by atoms with Crippen LogP contribution in [0.25, 0.3) is 22.0 Å². The largest absolute Gasteiger partial charge is 0.368 e. The summed E-state index contributed by atoms with van der Waals surface area (Å²) in [6.07, 6.45) is 1.08. The fourth-order valence-corrected chi connectivity index (χ4v) is 2.84. The minimum absolute atomic E-state index is 0.303. The topological polar surface area (TPSA) is 40.7 Å². The summed E-state index contributed by atoms with van der Waals surface area (Å²) >= 11 is 6.44. The highest BCUT2D eigenvalue weighted by atomic mass is 35.5. The van der Waals surface area contributed by atoms with Crippen LogP contribution in [-0.4, -0.2) is 16.7 Å². The number of benzene rings is 2. The summed E-state index contributed by atoms with van der Waals surface area (Å²) in [6, 6.07) is 14.2. The Labute approximate surface area is 142 Å². The van der Waals surface area contributed by atoms with Crippen LogP contribution in [0.3, 0.4) is 0 Å². The van der Waals surface area contributed by atoms with Gasteiger partial charge in [0.15, 0.2) is 5.82 Å². The smallest absolute Gasteiger partial charge is 0.155 e. The molecule has 2 N–H and O–H groups in total. The molecule has 0 atom stereocenters. The number of fused-ring (bicyclic) bond motifs is 1.